The quantitative estimate of drug-likeness (QED) is 0.303. The van der Waals surface area contributed by atoms with Crippen molar-refractivity contribution in [3.8, 4) is 5.75 Å². The van der Waals surface area contributed by atoms with Crippen molar-refractivity contribution in [2.75, 3.05) is 64.9 Å². The predicted molar refractivity (Wildman–Crippen MR) is 176 cm³/mol. The van der Waals surface area contributed by atoms with Crippen molar-refractivity contribution < 1.29 is 23.1 Å². The van der Waals surface area contributed by atoms with E-state index in [0.717, 1.165) is 36.7 Å². The number of pyridine rings is 1. The van der Waals surface area contributed by atoms with E-state index in [-0.39, 0.29) is 24.3 Å². The lowest BCUT2D eigenvalue weighted by atomic mass is 9.92. The van der Waals surface area contributed by atoms with Gasteiger partial charge in [-0.2, -0.15) is 0 Å². The number of aromatic nitrogens is 5. The van der Waals surface area contributed by atoms with Gasteiger partial charge in [0.05, 0.1) is 31.6 Å². The molecule has 252 valence electrons. The van der Waals surface area contributed by atoms with E-state index in [1.807, 2.05) is 17.0 Å². The number of hydrogen-bond donors (Lipinski definition) is 1. The van der Waals surface area contributed by atoms with Crippen LogP contribution in [0.4, 0.5) is 14.6 Å². The number of fused-ring (bicyclic) bond motifs is 1. The molecule has 7 rings (SSSR count). The number of likely N-dealkylation sites (tertiary alicyclic amines) is 1. The summed E-state index contributed by atoms with van der Waals surface area (Å²) in [4.78, 5) is 42.1. The van der Waals surface area contributed by atoms with Crippen LogP contribution in [0.5, 0.6) is 5.75 Å². The number of anilines is 1. The molecule has 2 fully saturated rings. The number of methoxy groups -OCH3 is 1. The second kappa shape index (κ2) is 13.3. The maximum Gasteiger partial charge on any atom is 0.270 e. The zero-order valence-corrected chi connectivity index (χ0v) is 27.2. The van der Waals surface area contributed by atoms with Gasteiger partial charge in [0.15, 0.2) is 17.4 Å². The van der Waals surface area contributed by atoms with Crippen LogP contribution in [0.1, 0.15) is 53.3 Å². The Morgan fingerprint density at radius 1 is 1.06 bits per heavy atom. The van der Waals surface area contributed by atoms with Crippen LogP contribution in [-0.4, -0.2) is 111 Å². The maximum absolute atomic E-state index is 16.6. The molecule has 48 heavy (non-hydrogen) atoms. The van der Waals surface area contributed by atoms with Crippen molar-refractivity contribution in [2.24, 2.45) is 0 Å². The van der Waals surface area contributed by atoms with Crippen molar-refractivity contribution in [1.82, 2.24) is 39.7 Å². The minimum absolute atomic E-state index is 0.0187. The van der Waals surface area contributed by atoms with Crippen molar-refractivity contribution in [1.29, 1.82) is 0 Å². The average Bonchev–Trinajstić information content (AvgIpc) is 3.89. The van der Waals surface area contributed by atoms with Gasteiger partial charge in [0, 0.05) is 74.9 Å². The normalized spacial score (nSPS) is 18.9. The molecule has 0 spiro atoms. The predicted octanol–water partition coefficient (Wildman–Crippen LogP) is 3.88. The lowest BCUT2D eigenvalue weighted by molar-refractivity contribution is -0.131. The van der Waals surface area contributed by atoms with Gasteiger partial charge >= 0.3 is 0 Å². The average molecular weight is 660 g/mol. The van der Waals surface area contributed by atoms with Crippen molar-refractivity contribution in [3.63, 3.8) is 0 Å². The smallest absolute Gasteiger partial charge is 0.270 e. The molecule has 3 aliphatic heterocycles. The molecule has 2 saturated heterocycles. The van der Waals surface area contributed by atoms with Crippen molar-refractivity contribution in [2.45, 2.75) is 38.3 Å². The Kier molecular flexibility index (Phi) is 8.82. The number of carbonyl (C=O) groups is 2. The van der Waals surface area contributed by atoms with Crippen molar-refractivity contribution in [3.05, 3.63) is 71.3 Å². The first kappa shape index (κ1) is 31.7. The molecule has 4 aromatic rings. The molecule has 0 bridgehead atoms. The molecule has 14 heteroatoms. The molecule has 0 saturated carbocycles. The number of aryl methyl sites for hydroxylation is 1. The summed E-state index contributed by atoms with van der Waals surface area (Å²) in [5.41, 5.74) is 2.84. The van der Waals surface area contributed by atoms with Gasteiger partial charge in [-0.1, -0.05) is 11.3 Å². The van der Waals surface area contributed by atoms with Crippen molar-refractivity contribution >= 4 is 34.1 Å². The largest absolute Gasteiger partial charge is 0.493 e. The molecule has 6 heterocycles. The summed E-state index contributed by atoms with van der Waals surface area (Å²) in [6, 6.07) is 5.10. The van der Waals surface area contributed by atoms with E-state index < -0.39 is 11.6 Å². The van der Waals surface area contributed by atoms with Gasteiger partial charge in [-0.3, -0.25) is 19.2 Å². The first-order chi connectivity index (χ1) is 23.3. The summed E-state index contributed by atoms with van der Waals surface area (Å²) in [5.74, 6) is -0.257. The standard InChI is InChI=1S/C34H39F2N9O3/c1-41-9-4-6-28(41)25-18-24(22-5-3-10-44(21-22)30(46)7-11-45-12-8-38-40-45)31(36)32-26(25)19-27(39-32)34(47)43-15-13-42(14-16-43)33-29(48-2)17-23(35)20-37-33/h5,8,12,17-20,28,39H,3-4,6-7,9-11,13-16,21H2,1-2H3. The van der Waals surface area contributed by atoms with Gasteiger partial charge < -0.3 is 24.4 Å². The second-order valence-corrected chi connectivity index (χ2v) is 12.6. The van der Waals surface area contributed by atoms with Crippen LogP contribution in [0.15, 0.2) is 42.9 Å². The summed E-state index contributed by atoms with van der Waals surface area (Å²) in [5, 5.41) is 8.44. The number of nitrogens with zero attached hydrogens (tertiary/aromatic N) is 8. The third-order valence-corrected chi connectivity index (χ3v) is 9.76. The van der Waals surface area contributed by atoms with Gasteiger partial charge in [-0.05, 0) is 56.1 Å². The number of nitrogens with one attached hydrogen (secondary N) is 1. The number of amides is 2. The van der Waals surface area contributed by atoms with Gasteiger partial charge in [0.2, 0.25) is 5.91 Å². The van der Waals surface area contributed by atoms with Crippen LogP contribution < -0.4 is 9.64 Å². The number of aromatic amines is 1. The molecule has 1 unspecified atom stereocenters. The van der Waals surface area contributed by atoms with E-state index in [4.69, 9.17) is 4.74 Å². The maximum atomic E-state index is 16.6. The van der Waals surface area contributed by atoms with Crippen LogP contribution in [0, 0.1) is 11.6 Å². The Bertz CT molecular complexity index is 1850. The lowest BCUT2D eigenvalue weighted by Crippen LogP contribution is -2.49. The molecule has 0 aliphatic carbocycles. The van der Waals surface area contributed by atoms with E-state index in [1.54, 1.807) is 32.9 Å². The number of benzene rings is 1. The summed E-state index contributed by atoms with van der Waals surface area (Å²) < 4.78 is 37.2. The van der Waals surface area contributed by atoms with Crippen LogP contribution in [-0.2, 0) is 11.3 Å². The Morgan fingerprint density at radius 2 is 1.90 bits per heavy atom. The SMILES string of the molecule is COc1cc(F)cnc1N1CCN(C(=O)c2cc3c(C4CCCN4C)cc(C4=CCCN(C(=O)CCn5ccnn5)C4)c(F)c3[nH]2)CC1. The number of piperazine rings is 1. The summed E-state index contributed by atoms with van der Waals surface area (Å²) in [6.07, 6.45) is 9.34. The minimum atomic E-state index is -0.480. The van der Waals surface area contributed by atoms with E-state index in [1.165, 1.54) is 13.2 Å². The number of H-pyrrole nitrogens is 1. The lowest BCUT2D eigenvalue weighted by Gasteiger charge is -2.35. The molecule has 3 aromatic heterocycles. The molecule has 3 aliphatic rings. The van der Waals surface area contributed by atoms with Gasteiger partial charge in [0.1, 0.15) is 11.5 Å². The first-order valence-corrected chi connectivity index (χ1v) is 16.4. The third-order valence-electron chi connectivity index (χ3n) is 9.76. The van der Waals surface area contributed by atoms with E-state index in [2.05, 4.69) is 32.2 Å². The molecule has 2 amide bonds. The number of carbonyl (C=O) groups excluding carboxylic acids is 2. The Labute approximate surface area is 276 Å². The molecular weight excluding hydrogens is 620 g/mol. The van der Waals surface area contributed by atoms with Crippen LogP contribution >= 0.6 is 0 Å². The Hall–Kier alpha value is -4.85. The zero-order chi connectivity index (χ0) is 33.4. The van der Waals surface area contributed by atoms with E-state index >= 15 is 4.39 Å². The number of halogens is 2. The second-order valence-electron chi connectivity index (χ2n) is 12.6. The van der Waals surface area contributed by atoms with Gasteiger partial charge in [-0.15, -0.1) is 5.10 Å². The highest BCUT2D eigenvalue weighted by Crippen LogP contribution is 2.40. The number of rotatable bonds is 8. The van der Waals surface area contributed by atoms with Gasteiger partial charge in [-0.25, -0.2) is 13.8 Å². The van der Waals surface area contributed by atoms with Crippen LogP contribution in [0.25, 0.3) is 16.5 Å². The topological polar surface area (TPSA) is 116 Å². The summed E-state index contributed by atoms with van der Waals surface area (Å²) in [6.45, 7) is 4.04. The highest BCUT2D eigenvalue weighted by Gasteiger charge is 2.31. The highest BCUT2D eigenvalue weighted by molar-refractivity contribution is 6.00. The highest BCUT2D eigenvalue weighted by atomic mass is 19.1. The molecule has 12 nitrogen and oxygen atoms in total. The fourth-order valence-corrected chi connectivity index (χ4v) is 7.18. The molecule has 1 atom stereocenters. The fourth-order valence-electron chi connectivity index (χ4n) is 7.18. The van der Waals surface area contributed by atoms with E-state index in [9.17, 15) is 14.0 Å². The minimum Gasteiger partial charge on any atom is -0.493 e. The molecule has 1 N–H and O–H groups in total. The zero-order valence-electron chi connectivity index (χ0n) is 27.2. The molecule has 0 radical (unpaired) electrons. The molecular formula is C34H39F2N9O3. The number of hydrogen-bond acceptors (Lipinski definition) is 8. The Balaban J connectivity index is 1.14. The Morgan fingerprint density at radius 3 is 2.62 bits per heavy atom. The summed E-state index contributed by atoms with van der Waals surface area (Å²) >= 11 is 0. The van der Waals surface area contributed by atoms with E-state index in [0.29, 0.717) is 86.0 Å². The molecule has 1 aromatic carbocycles. The van der Waals surface area contributed by atoms with Gasteiger partial charge in [0.25, 0.3) is 5.91 Å². The monoisotopic (exact) mass is 659 g/mol. The third kappa shape index (κ3) is 6.12. The van der Waals surface area contributed by atoms with Crippen LogP contribution in [0.2, 0.25) is 0 Å². The summed E-state index contributed by atoms with van der Waals surface area (Å²) in [7, 11) is 3.55. The van der Waals surface area contributed by atoms with Crippen LogP contribution in [0.3, 0.4) is 0 Å². The first-order valence-electron chi connectivity index (χ1n) is 16.4. The fraction of sp³-hybridized carbons (Fsp3) is 0.441. The number of ether oxygens (including phenoxy) is 1.